The fourth-order valence-corrected chi connectivity index (χ4v) is 3.63. The largest absolute Gasteiger partial charge is 0.315 e. The highest BCUT2D eigenvalue weighted by atomic mass is 35.5. The summed E-state index contributed by atoms with van der Waals surface area (Å²) in [7, 11) is 0. The van der Waals surface area contributed by atoms with Crippen LogP contribution in [0.1, 0.15) is 23.6 Å². The Balaban J connectivity index is 2.05. The Morgan fingerprint density at radius 1 is 0.913 bits per heavy atom. The van der Waals surface area contributed by atoms with Gasteiger partial charge in [-0.2, -0.15) is 0 Å². The molecule has 0 spiro atoms. The summed E-state index contributed by atoms with van der Waals surface area (Å²) in [5.41, 5.74) is 2.23. The van der Waals surface area contributed by atoms with Gasteiger partial charge < -0.3 is 5.32 Å². The lowest BCUT2D eigenvalue weighted by Crippen LogP contribution is -2.33. The van der Waals surface area contributed by atoms with E-state index in [2.05, 4.69) is 28.4 Å². The van der Waals surface area contributed by atoms with Crippen molar-refractivity contribution in [2.45, 2.75) is 12.5 Å². The average molecular weight is 370 g/mol. The van der Waals surface area contributed by atoms with Crippen LogP contribution in [-0.2, 0) is 0 Å². The van der Waals surface area contributed by atoms with Gasteiger partial charge in [0.15, 0.2) is 0 Å². The number of rotatable bonds is 3. The molecular weight excluding hydrogens is 351 g/mol. The molecule has 0 radical (unpaired) electrons. The first-order valence-electron chi connectivity index (χ1n) is 7.81. The highest BCUT2D eigenvalue weighted by Gasteiger charge is 2.25. The van der Waals surface area contributed by atoms with Crippen LogP contribution in [0, 0.1) is 0 Å². The van der Waals surface area contributed by atoms with E-state index in [1.54, 1.807) is 0 Å². The molecule has 23 heavy (non-hydrogen) atoms. The third kappa shape index (κ3) is 4.01. The third-order valence-electron chi connectivity index (χ3n) is 4.20. The quantitative estimate of drug-likeness (QED) is 0.816. The normalized spacial score (nSPS) is 17.7. The molecule has 0 saturated carbocycles. The second-order valence-corrected chi connectivity index (χ2v) is 6.96. The van der Waals surface area contributed by atoms with Gasteiger partial charge in [-0.3, -0.25) is 4.90 Å². The van der Waals surface area contributed by atoms with Crippen LogP contribution in [0.25, 0.3) is 0 Å². The van der Waals surface area contributed by atoms with E-state index < -0.39 is 0 Å². The summed E-state index contributed by atoms with van der Waals surface area (Å²) in [6.07, 6.45) is 1.11. The van der Waals surface area contributed by atoms with Gasteiger partial charge in [-0.25, -0.2) is 0 Å². The topological polar surface area (TPSA) is 15.3 Å². The smallest absolute Gasteiger partial charge is 0.0643 e. The molecule has 0 aromatic heterocycles. The summed E-state index contributed by atoms with van der Waals surface area (Å²) >= 11 is 18.8. The standard InChI is InChI=1S/C18H19Cl3N2/c19-14-7-5-13(6-8-14)18(23-11-2-9-22-10-12-23)15-3-1-4-16(20)17(15)21/h1,3-8,18,22H,2,9-12H2. The lowest BCUT2D eigenvalue weighted by molar-refractivity contribution is 0.241. The fourth-order valence-electron chi connectivity index (χ4n) is 3.09. The number of hydrogen-bond acceptors (Lipinski definition) is 2. The minimum atomic E-state index is 0.0818. The molecule has 1 heterocycles. The van der Waals surface area contributed by atoms with E-state index in [9.17, 15) is 0 Å². The summed E-state index contributed by atoms with van der Waals surface area (Å²) in [5, 5.41) is 5.41. The van der Waals surface area contributed by atoms with Crippen LogP contribution in [0.3, 0.4) is 0 Å². The first-order valence-corrected chi connectivity index (χ1v) is 8.94. The van der Waals surface area contributed by atoms with E-state index in [0.29, 0.717) is 10.0 Å². The highest BCUT2D eigenvalue weighted by Crippen LogP contribution is 2.37. The monoisotopic (exact) mass is 368 g/mol. The molecule has 0 bridgehead atoms. The van der Waals surface area contributed by atoms with Crippen molar-refractivity contribution >= 4 is 34.8 Å². The summed E-state index contributed by atoms with van der Waals surface area (Å²) in [4.78, 5) is 2.46. The van der Waals surface area contributed by atoms with Crippen molar-refractivity contribution in [3.05, 3.63) is 68.7 Å². The van der Waals surface area contributed by atoms with E-state index in [1.807, 2.05) is 24.3 Å². The van der Waals surface area contributed by atoms with Gasteiger partial charge in [-0.15, -0.1) is 0 Å². The molecule has 3 rings (SSSR count). The van der Waals surface area contributed by atoms with Crippen molar-refractivity contribution in [2.75, 3.05) is 26.2 Å². The zero-order chi connectivity index (χ0) is 16.2. The Morgan fingerprint density at radius 3 is 2.48 bits per heavy atom. The minimum absolute atomic E-state index is 0.0818. The van der Waals surface area contributed by atoms with Gasteiger partial charge >= 0.3 is 0 Å². The van der Waals surface area contributed by atoms with Crippen molar-refractivity contribution in [3.63, 3.8) is 0 Å². The fraction of sp³-hybridized carbons (Fsp3) is 0.333. The maximum atomic E-state index is 6.53. The van der Waals surface area contributed by atoms with Crippen molar-refractivity contribution in [1.29, 1.82) is 0 Å². The lowest BCUT2D eigenvalue weighted by atomic mass is 9.96. The van der Waals surface area contributed by atoms with Gasteiger partial charge in [-0.05, 0) is 42.3 Å². The van der Waals surface area contributed by atoms with Gasteiger partial charge in [0, 0.05) is 24.7 Å². The third-order valence-corrected chi connectivity index (χ3v) is 5.29. The van der Waals surface area contributed by atoms with Gasteiger partial charge in [-0.1, -0.05) is 59.1 Å². The molecule has 1 N–H and O–H groups in total. The zero-order valence-electron chi connectivity index (χ0n) is 12.7. The Kier molecular flexibility index (Phi) is 5.84. The summed E-state index contributed by atoms with van der Waals surface area (Å²) in [6, 6.07) is 13.9. The van der Waals surface area contributed by atoms with Crippen LogP contribution in [0.4, 0.5) is 0 Å². The number of benzene rings is 2. The Bertz CT molecular complexity index is 650. The van der Waals surface area contributed by atoms with Crippen LogP contribution >= 0.6 is 34.8 Å². The number of nitrogens with one attached hydrogen (secondary N) is 1. The number of nitrogens with zero attached hydrogens (tertiary/aromatic N) is 1. The summed E-state index contributed by atoms with van der Waals surface area (Å²) in [6.45, 7) is 4.01. The van der Waals surface area contributed by atoms with E-state index in [4.69, 9.17) is 34.8 Å². The molecule has 5 heteroatoms. The first kappa shape index (κ1) is 17.1. The van der Waals surface area contributed by atoms with Crippen molar-refractivity contribution in [1.82, 2.24) is 10.2 Å². The first-order chi connectivity index (χ1) is 11.2. The van der Waals surface area contributed by atoms with Crippen LogP contribution in [0.2, 0.25) is 15.1 Å². The zero-order valence-corrected chi connectivity index (χ0v) is 15.0. The predicted octanol–water partition coefficient (Wildman–Crippen LogP) is 5.03. The lowest BCUT2D eigenvalue weighted by Gasteiger charge is -2.32. The van der Waals surface area contributed by atoms with E-state index in [-0.39, 0.29) is 6.04 Å². The van der Waals surface area contributed by atoms with E-state index >= 15 is 0 Å². The molecule has 1 aliphatic heterocycles. The molecule has 2 aromatic rings. The molecular formula is C18H19Cl3N2. The predicted molar refractivity (Wildman–Crippen MR) is 98.8 cm³/mol. The summed E-state index contributed by atoms with van der Waals surface area (Å²) in [5.74, 6) is 0. The van der Waals surface area contributed by atoms with E-state index in [1.165, 1.54) is 5.56 Å². The molecule has 122 valence electrons. The SMILES string of the molecule is Clc1ccc(C(c2cccc(Cl)c2Cl)N2CCCNCC2)cc1. The molecule has 0 amide bonds. The van der Waals surface area contributed by atoms with Crippen molar-refractivity contribution < 1.29 is 0 Å². The van der Waals surface area contributed by atoms with Crippen LogP contribution in [0.5, 0.6) is 0 Å². The maximum Gasteiger partial charge on any atom is 0.0643 e. The van der Waals surface area contributed by atoms with Crippen molar-refractivity contribution in [2.24, 2.45) is 0 Å². The minimum Gasteiger partial charge on any atom is -0.315 e. The average Bonchev–Trinajstić information content (AvgIpc) is 2.83. The second kappa shape index (κ2) is 7.87. The van der Waals surface area contributed by atoms with E-state index in [0.717, 1.165) is 43.2 Å². The van der Waals surface area contributed by atoms with Crippen molar-refractivity contribution in [3.8, 4) is 0 Å². The number of halogens is 3. The van der Waals surface area contributed by atoms with Crippen LogP contribution in [-0.4, -0.2) is 31.1 Å². The van der Waals surface area contributed by atoms with Gasteiger partial charge in [0.2, 0.25) is 0 Å². The Labute approximate surface area is 152 Å². The van der Waals surface area contributed by atoms with Gasteiger partial charge in [0.1, 0.15) is 0 Å². The molecule has 2 aromatic carbocycles. The second-order valence-electron chi connectivity index (χ2n) is 5.74. The Morgan fingerprint density at radius 2 is 1.70 bits per heavy atom. The Hall–Kier alpha value is -0.770. The molecule has 1 fully saturated rings. The molecule has 1 saturated heterocycles. The van der Waals surface area contributed by atoms with Gasteiger partial charge in [0.25, 0.3) is 0 Å². The molecule has 1 aliphatic rings. The molecule has 1 atom stereocenters. The van der Waals surface area contributed by atoms with Gasteiger partial charge in [0.05, 0.1) is 16.1 Å². The maximum absolute atomic E-state index is 6.53. The highest BCUT2D eigenvalue weighted by molar-refractivity contribution is 6.42. The molecule has 0 aliphatic carbocycles. The number of hydrogen-bond donors (Lipinski definition) is 1. The molecule has 1 unspecified atom stereocenters. The van der Waals surface area contributed by atoms with Crippen LogP contribution in [0.15, 0.2) is 42.5 Å². The molecule has 2 nitrogen and oxygen atoms in total. The summed E-state index contributed by atoms with van der Waals surface area (Å²) < 4.78 is 0. The van der Waals surface area contributed by atoms with Crippen LogP contribution < -0.4 is 5.32 Å².